The molecule has 88 valence electrons. The van der Waals surface area contributed by atoms with E-state index in [1.54, 1.807) is 24.5 Å². The third-order valence-corrected chi connectivity index (χ3v) is 2.82. The number of nitrogens with two attached hydrogens (primary N) is 2. The maximum Gasteiger partial charge on any atom is 0.248 e. The van der Waals surface area contributed by atoms with Crippen LogP contribution in [-0.4, -0.2) is 15.5 Å². The van der Waals surface area contributed by atoms with Gasteiger partial charge in [0, 0.05) is 11.3 Å². The Morgan fingerprint density at radius 1 is 1.35 bits per heavy atom. The van der Waals surface area contributed by atoms with Gasteiger partial charge < -0.3 is 16.0 Å². The van der Waals surface area contributed by atoms with Crippen LogP contribution in [-0.2, 0) is 0 Å². The fraction of sp³-hybridized carbons (Fsp3) is 0.167. The molecule has 0 aliphatic heterocycles. The molecule has 0 spiro atoms. The number of aryl methyl sites for hydroxylation is 1. The van der Waals surface area contributed by atoms with Crippen LogP contribution in [0.25, 0.3) is 5.69 Å². The number of nitrogen functional groups attached to an aromatic ring is 1. The van der Waals surface area contributed by atoms with Crippen LogP contribution in [0.3, 0.4) is 0 Å². The lowest BCUT2D eigenvalue weighted by molar-refractivity contribution is 0.100. The molecule has 0 saturated heterocycles. The topological polar surface area (TPSA) is 86.9 Å². The number of rotatable bonds is 2. The summed E-state index contributed by atoms with van der Waals surface area (Å²) in [6.07, 6.45) is 1.71. The largest absolute Gasteiger partial charge is 0.397 e. The molecule has 0 aliphatic carbocycles. The Morgan fingerprint density at radius 2 is 2.06 bits per heavy atom. The number of carbonyl (C=O) groups is 1. The Labute approximate surface area is 99.1 Å². The Kier molecular flexibility index (Phi) is 2.59. The Bertz CT molecular complexity index is 586. The van der Waals surface area contributed by atoms with Crippen LogP contribution < -0.4 is 11.5 Å². The molecule has 1 heterocycles. The highest BCUT2D eigenvalue weighted by Gasteiger charge is 2.09. The molecule has 1 aromatic carbocycles. The van der Waals surface area contributed by atoms with Crippen LogP contribution in [0.15, 0.2) is 24.5 Å². The van der Waals surface area contributed by atoms with Gasteiger partial charge in [-0.3, -0.25) is 4.79 Å². The summed E-state index contributed by atoms with van der Waals surface area (Å²) in [7, 11) is 0. The average molecular weight is 230 g/mol. The summed E-state index contributed by atoms with van der Waals surface area (Å²) in [6, 6.07) is 5.00. The van der Waals surface area contributed by atoms with Gasteiger partial charge in [0.2, 0.25) is 5.91 Å². The Balaban J connectivity index is 2.54. The maximum atomic E-state index is 11.0. The molecule has 0 unspecified atom stereocenters. The van der Waals surface area contributed by atoms with Gasteiger partial charge in [-0.25, -0.2) is 4.98 Å². The van der Waals surface area contributed by atoms with Gasteiger partial charge in [0.05, 0.1) is 23.4 Å². The van der Waals surface area contributed by atoms with E-state index in [-0.39, 0.29) is 0 Å². The Hall–Kier alpha value is -2.30. The van der Waals surface area contributed by atoms with Gasteiger partial charge in [-0.1, -0.05) is 0 Å². The summed E-state index contributed by atoms with van der Waals surface area (Å²) in [5.74, 6) is -0.484. The van der Waals surface area contributed by atoms with E-state index in [2.05, 4.69) is 4.98 Å². The van der Waals surface area contributed by atoms with Crippen LogP contribution in [0.1, 0.15) is 21.7 Å². The zero-order valence-electron chi connectivity index (χ0n) is 9.77. The summed E-state index contributed by atoms with van der Waals surface area (Å²) in [5.41, 5.74) is 14.8. The number of aromatic nitrogens is 2. The standard InChI is InChI=1S/C12H14N4O/c1-7-8(2)16(6-15-7)11-4-3-9(12(14)17)5-10(11)13/h3-6H,13H2,1-2H3,(H2,14,17). The van der Waals surface area contributed by atoms with E-state index in [0.717, 1.165) is 17.1 Å². The Morgan fingerprint density at radius 3 is 2.53 bits per heavy atom. The minimum Gasteiger partial charge on any atom is -0.397 e. The highest BCUT2D eigenvalue weighted by molar-refractivity contribution is 5.94. The molecule has 0 saturated carbocycles. The van der Waals surface area contributed by atoms with Crippen molar-refractivity contribution >= 4 is 11.6 Å². The molecule has 0 fully saturated rings. The van der Waals surface area contributed by atoms with Crippen molar-refractivity contribution in [3.05, 3.63) is 41.5 Å². The van der Waals surface area contributed by atoms with Crippen molar-refractivity contribution in [3.8, 4) is 5.69 Å². The van der Waals surface area contributed by atoms with E-state index in [1.807, 2.05) is 18.4 Å². The zero-order valence-corrected chi connectivity index (χ0v) is 9.77. The molecule has 17 heavy (non-hydrogen) atoms. The molecule has 0 bridgehead atoms. The van der Waals surface area contributed by atoms with Crippen molar-refractivity contribution in [2.45, 2.75) is 13.8 Å². The van der Waals surface area contributed by atoms with Crippen molar-refractivity contribution in [2.75, 3.05) is 5.73 Å². The zero-order chi connectivity index (χ0) is 12.6. The van der Waals surface area contributed by atoms with E-state index >= 15 is 0 Å². The first-order chi connectivity index (χ1) is 8.00. The lowest BCUT2D eigenvalue weighted by atomic mass is 10.1. The molecule has 4 N–H and O–H groups in total. The molecule has 1 aromatic heterocycles. The summed E-state index contributed by atoms with van der Waals surface area (Å²) in [6.45, 7) is 3.89. The summed E-state index contributed by atoms with van der Waals surface area (Å²) < 4.78 is 1.88. The first-order valence-corrected chi connectivity index (χ1v) is 5.21. The summed E-state index contributed by atoms with van der Waals surface area (Å²) in [5, 5.41) is 0. The predicted octanol–water partition coefficient (Wildman–Crippen LogP) is 1.17. The van der Waals surface area contributed by atoms with E-state index in [4.69, 9.17) is 11.5 Å². The maximum absolute atomic E-state index is 11.0. The number of hydrogen-bond acceptors (Lipinski definition) is 3. The number of primary amides is 1. The van der Waals surface area contributed by atoms with E-state index in [0.29, 0.717) is 11.3 Å². The van der Waals surface area contributed by atoms with Gasteiger partial charge in [0.25, 0.3) is 0 Å². The summed E-state index contributed by atoms with van der Waals surface area (Å²) >= 11 is 0. The van der Waals surface area contributed by atoms with Crippen LogP contribution in [0.5, 0.6) is 0 Å². The molecular weight excluding hydrogens is 216 g/mol. The molecule has 2 rings (SSSR count). The van der Waals surface area contributed by atoms with Crippen molar-refractivity contribution < 1.29 is 4.79 Å². The highest BCUT2D eigenvalue weighted by Crippen LogP contribution is 2.21. The lowest BCUT2D eigenvalue weighted by Crippen LogP contribution is -2.12. The van der Waals surface area contributed by atoms with Crippen LogP contribution >= 0.6 is 0 Å². The van der Waals surface area contributed by atoms with E-state index in [9.17, 15) is 4.79 Å². The average Bonchev–Trinajstić information content (AvgIpc) is 2.60. The number of hydrogen-bond donors (Lipinski definition) is 2. The molecule has 0 atom stereocenters. The first kappa shape index (κ1) is 11.2. The van der Waals surface area contributed by atoms with E-state index in [1.165, 1.54) is 0 Å². The normalized spacial score (nSPS) is 10.5. The molecule has 1 amide bonds. The second-order valence-electron chi connectivity index (χ2n) is 3.92. The highest BCUT2D eigenvalue weighted by atomic mass is 16.1. The number of benzene rings is 1. The van der Waals surface area contributed by atoms with Crippen LogP contribution in [0.2, 0.25) is 0 Å². The van der Waals surface area contributed by atoms with Gasteiger partial charge >= 0.3 is 0 Å². The quantitative estimate of drug-likeness (QED) is 0.759. The summed E-state index contributed by atoms with van der Waals surface area (Å²) in [4.78, 5) is 15.2. The van der Waals surface area contributed by atoms with Gasteiger partial charge in [-0.2, -0.15) is 0 Å². The van der Waals surface area contributed by atoms with E-state index < -0.39 is 5.91 Å². The first-order valence-electron chi connectivity index (χ1n) is 5.21. The number of amides is 1. The van der Waals surface area contributed by atoms with Crippen LogP contribution in [0, 0.1) is 13.8 Å². The van der Waals surface area contributed by atoms with Gasteiger partial charge in [0.1, 0.15) is 0 Å². The molecule has 2 aromatic rings. The molecule has 5 nitrogen and oxygen atoms in total. The fourth-order valence-electron chi connectivity index (χ4n) is 1.67. The molecule has 0 aliphatic rings. The van der Waals surface area contributed by atoms with Crippen LogP contribution in [0.4, 0.5) is 5.69 Å². The van der Waals surface area contributed by atoms with Crippen molar-refractivity contribution in [3.63, 3.8) is 0 Å². The second-order valence-corrected chi connectivity index (χ2v) is 3.92. The third-order valence-electron chi connectivity index (χ3n) is 2.82. The number of nitrogens with zero attached hydrogens (tertiary/aromatic N) is 2. The molecule has 0 radical (unpaired) electrons. The minimum absolute atomic E-state index is 0.403. The number of anilines is 1. The van der Waals surface area contributed by atoms with Gasteiger partial charge in [0.15, 0.2) is 0 Å². The monoisotopic (exact) mass is 230 g/mol. The van der Waals surface area contributed by atoms with Gasteiger partial charge in [-0.15, -0.1) is 0 Å². The smallest absolute Gasteiger partial charge is 0.248 e. The van der Waals surface area contributed by atoms with Crippen molar-refractivity contribution in [1.29, 1.82) is 0 Å². The van der Waals surface area contributed by atoms with Crippen molar-refractivity contribution in [1.82, 2.24) is 9.55 Å². The second kappa shape index (κ2) is 3.93. The fourth-order valence-corrected chi connectivity index (χ4v) is 1.67. The van der Waals surface area contributed by atoms with Gasteiger partial charge in [-0.05, 0) is 32.0 Å². The minimum atomic E-state index is -0.484. The molecular formula is C12H14N4O. The molecule has 5 heteroatoms. The predicted molar refractivity (Wildman–Crippen MR) is 66.0 cm³/mol. The lowest BCUT2D eigenvalue weighted by Gasteiger charge is -2.09. The SMILES string of the molecule is Cc1ncn(-c2ccc(C(N)=O)cc2N)c1C. The number of carbonyl (C=O) groups excluding carboxylic acids is 1. The number of imidazole rings is 1. The third kappa shape index (κ3) is 1.87. The van der Waals surface area contributed by atoms with Crippen molar-refractivity contribution in [2.24, 2.45) is 5.73 Å².